The highest BCUT2D eigenvalue weighted by Crippen LogP contribution is 2.27. The van der Waals surface area contributed by atoms with E-state index in [0.29, 0.717) is 17.9 Å². The lowest BCUT2D eigenvalue weighted by molar-refractivity contribution is -0.126. The van der Waals surface area contributed by atoms with Crippen molar-refractivity contribution >= 4 is 17.7 Å². The monoisotopic (exact) mass is 296 g/mol. The first kappa shape index (κ1) is 15.3. The molecule has 0 heterocycles. The Hall–Kier alpha value is -1.07. The van der Waals surface area contributed by atoms with Crippen LogP contribution >= 0.6 is 11.8 Å². The molecule has 1 amide bonds. The molecule has 2 rings (SSSR count). The summed E-state index contributed by atoms with van der Waals surface area (Å²) in [5.74, 6) is 1.17. The number of carbonyl (C=O) groups excluding carboxylic acids is 1. The van der Waals surface area contributed by atoms with Gasteiger partial charge < -0.3 is 11.1 Å². The van der Waals surface area contributed by atoms with Gasteiger partial charge in [0.05, 0.1) is 5.54 Å². The van der Waals surface area contributed by atoms with Crippen molar-refractivity contribution in [3.05, 3.63) is 35.6 Å². The zero-order chi connectivity index (χ0) is 14.4. The minimum Gasteiger partial charge on any atom is -0.354 e. The van der Waals surface area contributed by atoms with Crippen LogP contribution in [0.25, 0.3) is 0 Å². The fourth-order valence-corrected chi connectivity index (χ4v) is 3.29. The molecule has 0 radical (unpaired) electrons. The van der Waals surface area contributed by atoms with Gasteiger partial charge in [-0.15, -0.1) is 0 Å². The second-order valence-electron chi connectivity index (χ2n) is 5.26. The van der Waals surface area contributed by atoms with Gasteiger partial charge in [-0.1, -0.05) is 31.0 Å². The Balaban J connectivity index is 1.65. The molecule has 1 aliphatic rings. The van der Waals surface area contributed by atoms with Crippen molar-refractivity contribution in [2.75, 3.05) is 12.3 Å². The van der Waals surface area contributed by atoms with Gasteiger partial charge in [-0.3, -0.25) is 4.79 Å². The van der Waals surface area contributed by atoms with Crippen molar-refractivity contribution in [1.82, 2.24) is 5.32 Å². The fraction of sp³-hybridized carbons (Fsp3) is 0.533. The number of hydrogen-bond acceptors (Lipinski definition) is 3. The summed E-state index contributed by atoms with van der Waals surface area (Å²) in [5, 5.41) is 2.89. The zero-order valence-corrected chi connectivity index (χ0v) is 12.3. The summed E-state index contributed by atoms with van der Waals surface area (Å²) in [6.07, 6.45) is 3.63. The minimum absolute atomic E-state index is 0.0403. The molecule has 0 aliphatic heterocycles. The van der Waals surface area contributed by atoms with Gasteiger partial charge in [0.25, 0.3) is 0 Å². The number of nitrogens with two attached hydrogens (primary N) is 1. The Kier molecular flexibility index (Phi) is 5.43. The third-order valence-corrected chi connectivity index (χ3v) is 4.70. The predicted octanol–water partition coefficient (Wildman–Crippen LogP) is 2.45. The summed E-state index contributed by atoms with van der Waals surface area (Å²) in [7, 11) is 0. The number of rotatable bonds is 6. The zero-order valence-electron chi connectivity index (χ0n) is 11.5. The smallest absolute Gasteiger partial charge is 0.240 e. The number of carbonyl (C=O) groups is 1. The summed E-state index contributed by atoms with van der Waals surface area (Å²) in [6, 6.07) is 6.77. The molecule has 3 nitrogen and oxygen atoms in total. The summed E-state index contributed by atoms with van der Waals surface area (Å²) < 4.78 is 13.4. The summed E-state index contributed by atoms with van der Waals surface area (Å²) in [4.78, 5) is 11.9. The molecule has 0 aromatic heterocycles. The lowest BCUT2D eigenvalue weighted by Crippen LogP contribution is -2.52. The molecule has 110 valence electrons. The lowest BCUT2D eigenvalue weighted by Gasteiger charge is -2.22. The van der Waals surface area contributed by atoms with Crippen LogP contribution in [0, 0.1) is 5.82 Å². The van der Waals surface area contributed by atoms with Crippen LogP contribution < -0.4 is 11.1 Å². The van der Waals surface area contributed by atoms with E-state index in [1.165, 1.54) is 6.07 Å². The summed E-state index contributed by atoms with van der Waals surface area (Å²) in [6.45, 7) is 0.580. The van der Waals surface area contributed by atoms with Crippen molar-refractivity contribution in [3.63, 3.8) is 0 Å². The number of benzene rings is 1. The molecular weight excluding hydrogens is 275 g/mol. The van der Waals surface area contributed by atoms with E-state index in [1.807, 2.05) is 6.07 Å². The molecule has 1 aromatic carbocycles. The van der Waals surface area contributed by atoms with E-state index in [4.69, 9.17) is 5.73 Å². The fourth-order valence-electron chi connectivity index (χ4n) is 2.44. The molecule has 0 spiro atoms. The van der Waals surface area contributed by atoms with Crippen molar-refractivity contribution in [2.45, 2.75) is 37.0 Å². The lowest BCUT2D eigenvalue weighted by atomic mass is 9.98. The molecule has 0 unspecified atom stereocenters. The third kappa shape index (κ3) is 3.96. The first-order valence-electron chi connectivity index (χ1n) is 7.00. The summed E-state index contributed by atoms with van der Waals surface area (Å²) >= 11 is 1.61. The predicted molar refractivity (Wildman–Crippen MR) is 81.0 cm³/mol. The van der Waals surface area contributed by atoms with Gasteiger partial charge in [-0.25, -0.2) is 4.39 Å². The molecule has 1 aromatic rings. The van der Waals surface area contributed by atoms with Crippen LogP contribution in [0.4, 0.5) is 4.39 Å². The van der Waals surface area contributed by atoms with Gasteiger partial charge >= 0.3 is 0 Å². The number of halogens is 1. The quantitative estimate of drug-likeness (QED) is 0.793. The van der Waals surface area contributed by atoms with E-state index in [1.54, 1.807) is 23.9 Å². The average Bonchev–Trinajstić information content (AvgIpc) is 2.88. The molecule has 1 saturated carbocycles. The Bertz CT molecular complexity index is 461. The van der Waals surface area contributed by atoms with Crippen molar-refractivity contribution in [3.8, 4) is 0 Å². The first-order valence-corrected chi connectivity index (χ1v) is 8.16. The second kappa shape index (κ2) is 7.09. The van der Waals surface area contributed by atoms with Gasteiger partial charge in [0.15, 0.2) is 0 Å². The summed E-state index contributed by atoms with van der Waals surface area (Å²) in [5.41, 5.74) is 6.11. The van der Waals surface area contributed by atoms with Crippen molar-refractivity contribution in [2.24, 2.45) is 5.73 Å². The maximum absolute atomic E-state index is 13.4. The Morgan fingerprint density at radius 2 is 2.05 bits per heavy atom. The average molecular weight is 296 g/mol. The van der Waals surface area contributed by atoms with Gasteiger partial charge in [-0.05, 0) is 24.5 Å². The molecular formula is C15H21FN2OS. The SMILES string of the molecule is NC1(C(=O)NCCSCc2ccccc2F)CCCC1. The van der Waals surface area contributed by atoms with Crippen LogP contribution in [0.2, 0.25) is 0 Å². The maximum Gasteiger partial charge on any atom is 0.240 e. The molecule has 0 saturated heterocycles. The molecule has 0 atom stereocenters. The third-order valence-electron chi connectivity index (χ3n) is 3.70. The highest BCUT2D eigenvalue weighted by Gasteiger charge is 2.36. The van der Waals surface area contributed by atoms with Gasteiger partial charge in [-0.2, -0.15) is 11.8 Å². The largest absolute Gasteiger partial charge is 0.354 e. The molecule has 0 bridgehead atoms. The van der Waals surface area contributed by atoms with E-state index in [2.05, 4.69) is 5.32 Å². The van der Waals surface area contributed by atoms with Gasteiger partial charge in [0, 0.05) is 18.1 Å². The van der Waals surface area contributed by atoms with Crippen LogP contribution in [0.15, 0.2) is 24.3 Å². The topological polar surface area (TPSA) is 55.1 Å². The van der Waals surface area contributed by atoms with Crippen molar-refractivity contribution < 1.29 is 9.18 Å². The van der Waals surface area contributed by atoms with Crippen LogP contribution in [-0.2, 0) is 10.5 Å². The van der Waals surface area contributed by atoms with E-state index in [-0.39, 0.29) is 11.7 Å². The molecule has 20 heavy (non-hydrogen) atoms. The minimum atomic E-state index is -0.657. The Morgan fingerprint density at radius 1 is 1.35 bits per heavy atom. The number of thioether (sulfide) groups is 1. The van der Waals surface area contributed by atoms with Crippen LogP contribution in [0.3, 0.4) is 0 Å². The normalized spacial score (nSPS) is 17.1. The van der Waals surface area contributed by atoms with Gasteiger partial charge in [0.2, 0.25) is 5.91 Å². The molecule has 3 N–H and O–H groups in total. The second-order valence-corrected chi connectivity index (χ2v) is 6.37. The number of amides is 1. The van der Waals surface area contributed by atoms with Crippen LogP contribution in [0.5, 0.6) is 0 Å². The highest BCUT2D eigenvalue weighted by atomic mass is 32.2. The van der Waals surface area contributed by atoms with Crippen molar-refractivity contribution in [1.29, 1.82) is 0 Å². The van der Waals surface area contributed by atoms with E-state index in [9.17, 15) is 9.18 Å². The van der Waals surface area contributed by atoms with Crippen LogP contribution in [0.1, 0.15) is 31.2 Å². The molecule has 1 aliphatic carbocycles. The molecule has 5 heteroatoms. The Morgan fingerprint density at radius 3 is 2.75 bits per heavy atom. The van der Waals surface area contributed by atoms with Crippen LogP contribution in [-0.4, -0.2) is 23.7 Å². The molecule has 1 fully saturated rings. The van der Waals surface area contributed by atoms with Gasteiger partial charge in [0.1, 0.15) is 5.82 Å². The van der Waals surface area contributed by atoms with E-state index >= 15 is 0 Å². The maximum atomic E-state index is 13.4. The number of hydrogen-bond donors (Lipinski definition) is 2. The number of nitrogens with one attached hydrogen (secondary N) is 1. The van der Waals surface area contributed by atoms with E-state index < -0.39 is 5.54 Å². The Labute approximate surface area is 123 Å². The highest BCUT2D eigenvalue weighted by molar-refractivity contribution is 7.98. The van der Waals surface area contributed by atoms with E-state index in [0.717, 1.165) is 31.4 Å². The standard InChI is InChI=1S/C15H21FN2OS/c16-13-6-2-1-5-12(13)11-20-10-9-18-14(19)15(17)7-3-4-8-15/h1-2,5-6H,3-4,7-11,17H2,(H,18,19). The first-order chi connectivity index (χ1) is 9.62.